The van der Waals surface area contributed by atoms with E-state index < -0.39 is 12.0 Å². The van der Waals surface area contributed by atoms with Crippen molar-refractivity contribution in [1.29, 1.82) is 0 Å². The van der Waals surface area contributed by atoms with Gasteiger partial charge in [-0.25, -0.2) is 14.4 Å². The van der Waals surface area contributed by atoms with Crippen LogP contribution < -0.4 is 20.1 Å². The summed E-state index contributed by atoms with van der Waals surface area (Å²) in [6.07, 6.45) is 4.09. The number of H-pyrrole nitrogens is 1. The minimum atomic E-state index is -0.423. The number of rotatable bonds is 11. The van der Waals surface area contributed by atoms with Crippen LogP contribution in [-0.4, -0.2) is 69.1 Å². The van der Waals surface area contributed by atoms with Crippen molar-refractivity contribution >= 4 is 34.1 Å². The van der Waals surface area contributed by atoms with Crippen molar-refractivity contribution in [2.24, 2.45) is 5.92 Å². The number of aromatic amines is 1. The highest BCUT2D eigenvalue weighted by Crippen LogP contribution is 2.35. The number of nitrogens with one attached hydrogen (secondary N) is 3. The molecule has 0 saturated carbocycles. The summed E-state index contributed by atoms with van der Waals surface area (Å²) in [5, 5.41) is 23.4. The van der Waals surface area contributed by atoms with E-state index in [-0.39, 0.29) is 12.3 Å². The van der Waals surface area contributed by atoms with E-state index >= 15 is 0 Å². The SMILES string of the molecule is COc1cc2c(Nc3cc(CC(=O)Nc4cccc(F)c4)[nH]n3)ncnc2cc1OCCC1CCN(C(C)O)CC1. The number of hydrogen-bond donors (Lipinski definition) is 4. The predicted octanol–water partition coefficient (Wildman–Crippen LogP) is 4.24. The molecule has 3 heterocycles. The van der Waals surface area contributed by atoms with Crippen LogP contribution in [-0.2, 0) is 11.2 Å². The number of aliphatic hydroxyl groups excluding tert-OH is 1. The van der Waals surface area contributed by atoms with Gasteiger partial charge in [-0.15, -0.1) is 0 Å². The molecule has 1 aliphatic heterocycles. The van der Waals surface area contributed by atoms with Gasteiger partial charge in [-0.1, -0.05) is 6.07 Å². The zero-order valence-corrected chi connectivity index (χ0v) is 23.1. The molecule has 4 aromatic rings. The van der Waals surface area contributed by atoms with Gasteiger partial charge in [0, 0.05) is 42.0 Å². The molecule has 1 fully saturated rings. The summed E-state index contributed by atoms with van der Waals surface area (Å²) in [7, 11) is 1.59. The molecule has 1 amide bonds. The first kappa shape index (κ1) is 28.2. The van der Waals surface area contributed by atoms with Crippen molar-refractivity contribution < 1.29 is 23.8 Å². The summed E-state index contributed by atoms with van der Waals surface area (Å²) in [5.74, 6) is 2.00. The van der Waals surface area contributed by atoms with Gasteiger partial charge < -0.3 is 25.2 Å². The monoisotopic (exact) mass is 563 g/mol. The first-order chi connectivity index (χ1) is 19.9. The molecule has 2 aromatic heterocycles. The number of carbonyl (C=O) groups is 1. The fourth-order valence-electron chi connectivity index (χ4n) is 4.97. The van der Waals surface area contributed by atoms with Crippen molar-refractivity contribution in [3.05, 3.63) is 60.3 Å². The molecule has 0 aliphatic carbocycles. The number of carbonyl (C=O) groups excluding carboxylic acids is 1. The second-order valence-corrected chi connectivity index (χ2v) is 10.1. The van der Waals surface area contributed by atoms with E-state index in [0.717, 1.165) is 37.7 Å². The normalized spacial score (nSPS) is 15.0. The molecule has 1 aliphatic rings. The Hall–Kier alpha value is -4.29. The fraction of sp³-hybridized carbons (Fsp3) is 0.379. The third-order valence-corrected chi connectivity index (χ3v) is 7.22. The van der Waals surface area contributed by atoms with E-state index in [4.69, 9.17) is 9.47 Å². The number of likely N-dealkylation sites (tertiary alicyclic amines) is 1. The minimum Gasteiger partial charge on any atom is -0.493 e. The van der Waals surface area contributed by atoms with Crippen LogP contribution in [0, 0.1) is 11.7 Å². The lowest BCUT2D eigenvalue weighted by Gasteiger charge is -2.33. The maximum Gasteiger partial charge on any atom is 0.230 e. The summed E-state index contributed by atoms with van der Waals surface area (Å²) in [6.45, 7) is 4.16. The van der Waals surface area contributed by atoms with Crippen LogP contribution >= 0.6 is 0 Å². The third-order valence-electron chi connectivity index (χ3n) is 7.22. The van der Waals surface area contributed by atoms with Crippen LogP contribution in [0.4, 0.5) is 21.7 Å². The highest BCUT2D eigenvalue weighted by atomic mass is 19.1. The molecule has 12 heteroatoms. The van der Waals surface area contributed by atoms with Crippen LogP contribution in [0.5, 0.6) is 11.5 Å². The first-order valence-electron chi connectivity index (χ1n) is 13.6. The second kappa shape index (κ2) is 12.9. The van der Waals surface area contributed by atoms with Crippen LogP contribution in [0.1, 0.15) is 31.9 Å². The quantitative estimate of drug-likeness (QED) is 0.211. The Bertz CT molecular complexity index is 1490. The van der Waals surface area contributed by atoms with E-state index in [1.54, 1.807) is 19.2 Å². The largest absolute Gasteiger partial charge is 0.493 e. The number of anilines is 3. The standard InChI is InChI=1S/C29H34FN7O4/c1-18(38)37-9-6-19(7-10-37)8-11-41-26-16-24-23(15-25(26)40-2)29(32-17-31-24)34-27-13-22(35-36-27)14-28(39)33-21-5-3-4-20(30)12-21/h3-5,12-13,15-19,38H,6-11,14H2,1-2H3,(H,33,39)(H2,31,32,34,35,36). The molecular formula is C29H34FN7O4. The number of halogens is 1. The van der Waals surface area contributed by atoms with Crippen molar-refractivity contribution in [3.8, 4) is 11.5 Å². The smallest absolute Gasteiger partial charge is 0.230 e. The number of hydrogen-bond acceptors (Lipinski definition) is 9. The van der Waals surface area contributed by atoms with Crippen LogP contribution in [0.15, 0.2) is 48.8 Å². The summed E-state index contributed by atoms with van der Waals surface area (Å²) in [6, 6.07) is 11.1. The average molecular weight is 564 g/mol. The number of fused-ring (bicyclic) bond motifs is 1. The van der Waals surface area contributed by atoms with Crippen LogP contribution in [0.3, 0.4) is 0 Å². The molecule has 41 heavy (non-hydrogen) atoms. The van der Waals surface area contributed by atoms with Crippen molar-refractivity contribution in [2.75, 3.05) is 37.4 Å². The molecule has 0 radical (unpaired) electrons. The Morgan fingerprint density at radius 3 is 2.78 bits per heavy atom. The minimum absolute atomic E-state index is 0.0317. The molecule has 0 spiro atoms. The van der Waals surface area contributed by atoms with Gasteiger partial charge in [0.2, 0.25) is 5.91 Å². The zero-order valence-electron chi connectivity index (χ0n) is 23.1. The topological polar surface area (TPSA) is 138 Å². The number of benzene rings is 2. The van der Waals surface area contributed by atoms with Gasteiger partial charge in [0.25, 0.3) is 0 Å². The maximum absolute atomic E-state index is 13.4. The summed E-state index contributed by atoms with van der Waals surface area (Å²) in [5.41, 5.74) is 1.63. The number of methoxy groups -OCH3 is 1. The van der Waals surface area contributed by atoms with E-state index in [0.29, 0.717) is 52.6 Å². The van der Waals surface area contributed by atoms with Crippen molar-refractivity contribution in [1.82, 2.24) is 25.1 Å². The molecule has 0 bridgehead atoms. The Labute approximate surface area is 237 Å². The first-order valence-corrected chi connectivity index (χ1v) is 13.6. The number of amides is 1. The second-order valence-electron chi connectivity index (χ2n) is 10.1. The van der Waals surface area contributed by atoms with E-state index in [1.807, 2.05) is 19.1 Å². The average Bonchev–Trinajstić information content (AvgIpc) is 3.39. The van der Waals surface area contributed by atoms with Crippen LogP contribution in [0.2, 0.25) is 0 Å². The lowest BCUT2D eigenvalue weighted by Crippen LogP contribution is -2.40. The molecular weight excluding hydrogens is 529 g/mol. The Kier molecular flexibility index (Phi) is 8.90. The number of nitrogens with zero attached hydrogens (tertiary/aromatic N) is 4. The Morgan fingerprint density at radius 1 is 1.20 bits per heavy atom. The maximum atomic E-state index is 13.4. The van der Waals surface area contributed by atoms with Gasteiger partial charge in [0.15, 0.2) is 17.3 Å². The highest BCUT2D eigenvalue weighted by Gasteiger charge is 2.22. The zero-order chi connectivity index (χ0) is 28.8. The molecule has 11 nitrogen and oxygen atoms in total. The lowest BCUT2D eigenvalue weighted by molar-refractivity contribution is -0.115. The molecule has 1 atom stereocenters. The predicted molar refractivity (Wildman–Crippen MR) is 153 cm³/mol. The Balaban J connectivity index is 1.21. The van der Waals surface area contributed by atoms with Gasteiger partial charge in [-0.05, 0) is 56.4 Å². The highest BCUT2D eigenvalue weighted by molar-refractivity contribution is 5.93. The Morgan fingerprint density at radius 2 is 2.02 bits per heavy atom. The molecule has 1 saturated heterocycles. The van der Waals surface area contributed by atoms with Gasteiger partial charge in [0.05, 0.1) is 25.7 Å². The molecule has 1 unspecified atom stereocenters. The number of aromatic nitrogens is 4. The van der Waals surface area contributed by atoms with E-state index in [2.05, 4.69) is 35.7 Å². The molecule has 216 valence electrons. The summed E-state index contributed by atoms with van der Waals surface area (Å²) in [4.78, 5) is 23.3. The number of ether oxygens (including phenoxy) is 2. The van der Waals surface area contributed by atoms with Gasteiger partial charge >= 0.3 is 0 Å². The molecule has 4 N–H and O–H groups in total. The van der Waals surface area contributed by atoms with Crippen LogP contribution in [0.25, 0.3) is 10.9 Å². The van der Waals surface area contributed by atoms with Gasteiger partial charge in [-0.2, -0.15) is 5.10 Å². The fourth-order valence-corrected chi connectivity index (χ4v) is 4.97. The van der Waals surface area contributed by atoms with Gasteiger partial charge in [0.1, 0.15) is 24.2 Å². The van der Waals surface area contributed by atoms with Crippen molar-refractivity contribution in [3.63, 3.8) is 0 Å². The van der Waals surface area contributed by atoms with E-state index in [1.165, 1.54) is 24.5 Å². The lowest BCUT2D eigenvalue weighted by atomic mass is 9.94. The van der Waals surface area contributed by atoms with E-state index in [9.17, 15) is 14.3 Å². The summed E-state index contributed by atoms with van der Waals surface area (Å²) >= 11 is 0. The van der Waals surface area contributed by atoms with Gasteiger partial charge in [-0.3, -0.25) is 14.8 Å². The number of aliphatic hydroxyl groups is 1. The molecule has 5 rings (SSSR count). The number of piperidine rings is 1. The summed E-state index contributed by atoms with van der Waals surface area (Å²) < 4.78 is 25.1. The molecule has 2 aromatic carbocycles. The van der Waals surface area contributed by atoms with Crippen molar-refractivity contribution in [2.45, 2.75) is 38.8 Å². The third kappa shape index (κ3) is 7.27.